The summed E-state index contributed by atoms with van der Waals surface area (Å²) < 4.78 is 0. The van der Waals surface area contributed by atoms with Gasteiger partial charge >= 0.3 is 0 Å². The molecule has 0 aliphatic carbocycles. The molecule has 2 nitrogen and oxygen atoms in total. The third-order valence-electron chi connectivity index (χ3n) is 6.25. The highest BCUT2D eigenvalue weighted by molar-refractivity contribution is 5.85. The lowest BCUT2D eigenvalue weighted by atomic mass is 9.80. The van der Waals surface area contributed by atoms with Gasteiger partial charge in [0.1, 0.15) is 0 Å². The minimum Gasteiger partial charge on any atom is -0.300 e. The van der Waals surface area contributed by atoms with Crippen molar-refractivity contribution in [3.05, 3.63) is 71.3 Å². The molecular weight excluding hydrogens is 387 g/mol. The summed E-state index contributed by atoms with van der Waals surface area (Å²) in [5.74, 6) is 0.514. The summed E-state index contributed by atoms with van der Waals surface area (Å²) in [5, 5.41) is 0. The molecule has 2 aliphatic heterocycles. The van der Waals surface area contributed by atoms with Crippen molar-refractivity contribution in [1.82, 2.24) is 9.80 Å². The van der Waals surface area contributed by atoms with Crippen molar-refractivity contribution >= 4 is 24.8 Å². The van der Waals surface area contributed by atoms with Crippen molar-refractivity contribution in [3.63, 3.8) is 0 Å². The minimum absolute atomic E-state index is 0. The van der Waals surface area contributed by atoms with E-state index in [-0.39, 0.29) is 24.8 Å². The topological polar surface area (TPSA) is 6.48 Å². The first-order valence-electron chi connectivity index (χ1n) is 10.5. The molecule has 0 spiro atoms. The van der Waals surface area contributed by atoms with Crippen LogP contribution in [0.2, 0.25) is 0 Å². The highest BCUT2D eigenvalue weighted by atomic mass is 35.5. The second kappa shape index (κ2) is 11.2. The van der Waals surface area contributed by atoms with E-state index in [2.05, 4.69) is 71.3 Å². The van der Waals surface area contributed by atoms with Gasteiger partial charge in [-0.1, -0.05) is 80.8 Å². The molecule has 0 N–H and O–H groups in total. The average Bonchev–Trinajstić information content (AvgIpc) is 2.71. The molecule has 2 aromatic carbocycles. The zero-order valence-corrected chi connectivity index (χ0v) is 18.6. The van der Waals surface area contributed by atoms with Gasteiger partial charge in [-0.2, -0.15) is 0 Å². The summed E-state index contributed by atoms with van der Waals surface area (Å²) in [4.78, 5) is 5.44. The Morgan fingerprint density at radius 3 is 2.25 bits per heavy atom. The second-order valence-electron chi connectivity index (χ2n) is 7.96. The van der Waals surface area contributed by atoms with Crippen LogP contribution < -0.4 is 0 Å². The number of hydrogen-bond acceptors (Lipinski definition) is 2. The van der Waals surface area contributed by atoms with E-state index >= 15 is 0 Å². The smallest absolute Gasteiger partial charge is 0.0479 e. The number of fused-ring (bicyclic) bond motifs is 3. The van der Waals surface area contributed by atoms with Crippen molar-refractivity contribution in [3.8, 4) is 0 Å². The Kier molecular flexibility index (Phi) is 9.30. The van der Waals surface area contributed by atoms with E-state index in [0.29, 0.717) is 12.0 Å². The lowest BCUT2D eigenvalue weighted by Gasteiger charge is -2.47. The molecule has 154 valence electrons. The molecule has 4 heteroatoms. The zero-order chi connectivity index (χ0) is 17.8. The van der Waals surface area contributed by atoms with Gasteiger partial charge in [0.15, 0.2) is 0 Å². The standard InChI is InChI=1S/C24H32N2.2ClH/c1-2-3-4-10-15-25-16-17-26-18-23(20-11-6-5-7-12-20)21-13-8-9-14-22(21)24(26)19-25;;/h5-9,11-14,23-24H,2-4,10,15-19H2,1H3;2*1H/t23-,24-;;/m1../s1. The molecule has 0 unspecified atom stereocenters. The van der Waals surface area contributed by atoms with Crippen LogP contribution in [0.1, 0.15) is 61.3 Å². The van der Waals surface area contributed by atoms with Crippen LogP contribution in [0.3, 0.4) is 0 Å². The SMILES string of the molecule is CCCCCCN1CCN2C[C@H](c3ccccc3)c3ccccc3[C@H]2C1.Cl.Cl. The summed E-state index contributed by atoms with van der Waals surface area (Å²) in [6, 6.07) is 20.8. The molecule has 1 fully saturated rings. The maximum absolute atomic E-state index is 2.74. The second-order valence-corrected chi connectivity index (χ2v) is 7.96. The molecule has 1 saturated heterocycles. The van der Waals surface area contributed by atoms with Gasteiger partial charge in [-0.3, -0.25) is 4.90 Å². The number of hydrogen-bond donors (Lipinski definition) is 0. The summed E-state index contributed by atoms with van der Waals surface area (Å²) >= 11 is 0. The number of piperazine rings is 1. The van der Waals surface area contributed by atoms with Gasteiger partial charge in [-0.15, -0.1) is 24.8 Å². The summed E-state index contributed by atoms with van der Waals surface area (Å²) in [6.45, 7) is 8.36. The molecule has 28 heavy (non-hydrogen) atoms. The maximum Gasteiger partial charge on any atom is 0.0479 e. The van der Waals surface area contributed by atoms with E-state index in [1.165, 1.54) is 57.4 Å². The molecule has 2 aromatic rings. The van der Waals surface area contributed by atoms with Crippen molar-refractivity contribution in [1.29, 1.82) is 0 Å². The van der Waals surface area contributed by atoms with Crippen molar-refractivity contribution in [2.24, 2.45) is 0 Å². The van der Waals surface area contributed by atoms with Crippen molar-refractivity contribution in [2.45, 2.75) is 44.6 Å². The molecule has 0 aromatic heterocycles. The molecule has 4 rings (SSSR count). The minimum atomic E-state index is 0. The largest absolute Gasteiger partial charge is 0.300 e. The summed E-state index contributed by atoms with van der Waals surface area (Å²) in [5.41, 5.74) is 4.57. The molecule has 0 saturated carbocycles. The first kappa shape index (κ1) is 23.2. The third-order valence-corrected chi connectivity index (χ3v) is 6.25. The Balaban J connectivity index is 0.00000140. The van der Waals surface area contributed by atoms with E-state index in [4.69, 9.17) is 0 Å². The number of unbranched alkanes of at least 4 members (excludes halogenated alkanes) is 3. The number of benzene rings is 2. The Morgan fingerprint density at radius 2 is 1.50 bits per heavy atom. The zero-order valence-electron chi connectivity index (χ0n) is 16.9. The number of nitrogens with zero attached hydrogens (tertiary/aromatic N) is 2. The van der Waals surface area contributed by atoms with Crippen LogP contribution in [0.4, 0.5) is 0 Å². The molecule has 2 aliphatic rings. The first-order valence-corrected chi connectivity index (χ1v) is 10.5. The Bertz CT molecular complexity index is 707. The number of rotatable bonds is 6. The fraction of sp³-hybridized carbons (Fsp3) is 0.500. The first-order chi connectivity index (χ1) is 12.9. The van der Waals surface area contributed by atoms with Crippen LogP contribution in [0.5, 0.6) is 0 Å². The van der Waals surface area contributed by atoms with E-state index in [0.717, 1.165) is 6.54 Å². The fourth-order valence-electron chi connectivity index (χ4n) is 4.79. The van der Waals surface area contributed by atoms with Gasteiger partial charge in [0.2, 0.25) is 0 Å². The monoisotopic (exact) mass is 420 g/mol. The van der Waals surface area contributed by atoms with Crippen LogP contribution >= 0.6 is 24.8 Å². The molecule has 0 bridgehead atoms. The van der Waals surface area contributed by atoms with Crippen LogP contribution in [-0.4, -0.2) is 42.5 Å². The predicted octanol–water partition coefficient (Wildman–Crippen LogP) is 5.91. The van der Waals surface area contributed by atoms with E-state index in [9.17, 15) is 0 Å². The lowest BCUT2D eigenvalue weighted by Crippen LogP contribution is -2.51. The maximum atomic E-state index is 2.74. The Hall–Kier alpha value is -1.06. The fourth-order valence-corrected chi connectivity index (χ4v) is 4.79. The van der Waals surface area contributed by atoms with Crippen LogP contribution in [-0.2, 0) is 0 Å². The van der Waals surface area contributed by atoms with Gasteiger partial charge in [0.25, 0.3) is 0 Å². The van der Waals surface area contributed by atoms with Gasteiger partial charge < -0.3 is 4.90 Å². The van der Waals surface area contributed by atoms with Gasteiger partial charge in [-0.05, 0) is 29.7 Å². The van der Waals surface area contributed by atoms with Crippen molar-refractivity contribution in [2.75, 3.05) is 32.7 Å². The normalized spacial score (nSPS) is 21.8. The Labute approximate surface area is 183 Å². The molecule has 2 heterocycles. The van der Waals surface area contributed by atoms with Gasteiger partial charge in [0.05, 0.1) is 0 Å². The van der Waals surface area contributed by atoms with Gasteiger partial charge in [-0.25, -0.2) is 0 Å². The molecule has 2 atom stereocenters. The Morgan fingerprint density at radius 1 is 0.786 bits per heavy atom. The van der Waals surface area contributed by atoms with Gasteiger partial charge in [0, 0.05) is 38.1 Å². The lowest BCUT2D eigenvalue weighted by molar-refractivity contribution is 0.0617. The third kappa shape index (κ3) is 5.10. The predicted molar refractivity (Wildman–Crippen MR) is 124 cm³/mol. The highest BCUT2D eigenvalue weighted by Gasteiger charge is 2.36. The van der Waals surface area contributed by atoms with Crippen molar-refractivity contribution < 1.29 is 0 Å². The average molecular weight is 421 g/mol. The van der Waals surface area contributed by atoms with E-state index in [1.807, 2.05) is 0 Å². The summed E-state index contributed by atoms with van der Waals surface area (Å²) in [7, 11) is 0. The highest BCUT2D eigenvalue weighted by Crippen LogP contribution is 2.40. The number of halogens is 2. The molecular formula is C24H34Cl2N2. The van der Waals surface area contributed by atoms with E-state index < -0.39 is 0 Å². The van der Waals surface area contributed by atoms with E-state index in [1.54, 1.807) is 11.1 Å². The quantitative estimate of drug-likeness (QED) is 0.535. The van der Waals surface area contributed by atoms with Crippen LogP contribution in [0.25, 0.3) is 0 Å². The molecule has 0 radical (unpaired) electrons. The van der Waals surface area contributed by atoms with Crippen LogP contribution in [0.15, 0.2) is 54.6 Å². The summed E-state index contributed by atoms with van der Waals surface area (Å²) in [6.07, 6.45) is 5.44. The van der Waals surface area contributed by atoms with Crippen LogP contribution in [0, 0.1) is 0 Å². The molecule has 0 amide bonds.